The molecular formula is C52H74N4O7. The molecule has 5 saturated carbocycles. The first-order valence-electron chi connectivity index (χ1n) is 23.9. The Hall–Kier alpha value is -4.02. The summed E-state index contributed by atoms with van der Waals surface area (Å²) in [4.78, 5) is 74.7. The molecule has 5 fully saturated rings. The van der Waals surface area contributed by atoms with Gasteiger partial charge in [0.2, 0.25) is 5.91 Å². The van der Waals surface area contributed by atoms with Crippen LogP contribution in [0.4, 0.5) is 0 Å². The predicted octanol–water partition coefficient (Wildman–Crippen LogP) is 9.61. The maximum atomic E-state index is 14.2. The van der Waals surface area contributed by atoms with Crippen LogP contribution in [-0.2, 0) is 23.9 Å². The van der Waals surface area contributed by atoms with Crippen molar-refractivity contribution in [1.82, 2.24) is 20.6 Å². The summed E-state index contributed by atoms with van der Waals surface area (Å²) in [7, 11) is 0. The molecule has 0 bridgehead atoms. The van der Waals surface area contributed by atoms with Crippen molar-refractivity contribution in [2.45, 2.75) is 165 Å². The number of carboxylic acids is 1. The third kappa shape index (κ3) is 6.60. The first-order valence-corrected chi connectivity index (χ1v) is 23.9. The molecule has 0 spiro atoms. The molecule has 1 heterocycles. The average Bonchev–Trinajstić information content (AvgIpc) is 3.78. The molecule has 6 aliphatic carbocycles. The molecule has 10 atom stereocenters. The highest BCUT2D eigenvalue weighted by atomic mass is 16.5. The number of Topliss-reactive ketones (excluding diaryl/α,β-unsaturated/α-hetero) is 1. The summed E-state index contributed by atoms with van der Waals surface area (Å²) in [5.41, 5.74) is 1.92. The molecule has 63 heavy (non-hydrogen) atoms. The first kappa shape index (κ1) is 45.5. The number of benzene rings is 1. The summed E-state index contributed by atoms with van der Waals surface area (Å²) in [6.07, 6.45) is 9.88. The SMILES string of the molecule is CC(C)C1=C2[C@H]3CC[C@@H]4[C@@]5(C)CCC(OC(=O)[C@H]6C[C@@H](C(=O)O)C6(C)C)C(C)(C)[C@]5(C)CC[C@@]4(C)[C@]3(C)CC[C@@]2(CC(=O)NCC(C)(C)NC(=O)c2ccc3nc[nH]c3c2)CC1=O. The number of allylic oxidation sites excluding steroid dienone is 2. The Balaban J connectivity index is 0.999. The predicted molar refractivity (Wildman–Crippen MR) is 242 cm³/mol. The fourth-order valence-electron chi connectivity index (χ4n) is 15.5. The van der Waals surface area contributed by atoms with E-state index in [2.05, 4.69) is 76.0 Å². The van der Waals surface area contributed by atoms with Gasteiger partial charge in [0.1, 0.15) is 6.10 Å². The van der Waals surface area contributed by atoms with Crippen LogP contribution in [0.1, 0.15) is 164 Å². The zero-order valence-corrected chi connectivity index (χ0v) is 40.1. The number of hydrogen-bond donors (Lipinski definition) is 4. The Morgan fingerprint density at radius 2 is 1.60 bits per heavy atom. The number of hydrogen-bond acceptors (Lipinski definition) is 7. The van der Waals surface area contributed by atoms with Crippen molar-refractivity contribution in [2.75, 3.05) is 6.54 Å². The second kappa shape index (κ2) is 14.7. The number of imidazole rings is 1. The van der Waals surface area contributed by atoms with Crippen molar-refractivity contribution < 1.29 is 33.8 Å². The number of nitrogens with zero attached hydrogens (tertiary/aromatic N) is 1. The Morgan fingerprint density at radius 3 is 2.27 bits per heavy atom. The molecule has 1 unspecified atom stereocenters. The molecule has 8 rings (SSSR count). The maximum absolute atomic E-state index is 14.2. The van der Waals surface area contributed by atoms with Crippen LogP contribution >= 0.6 is 0 Å². The molecule has 1 aromatic heterocycles. The van der Waals surface area contributed by atoms with Gasteiger partial charge in [-0.15, -0.1) is 0 Å². The topological polar surface area (TPSA) is 168 Å². The molecule has 344 valence electrons. The van der Waals surface area contributed by atoms with Crippen LogP contribution in [0.25, 0.3) is 11.0 Å². The summed E-state index contributed by atoms with van der Waals surface area (Å²) >= 11 is 0. The second-order valence-electron chi connectivity index (χ2n) is 24.2. The number of amides is 2. The smallest absolute Gasteiger partial charge is 0.309 e. The molecule has 11 nitrogen and oxygen atoms in total. The van der Waals surface area contributed by atoms with Gasteiger partial charge in [-0.1, -0.05) is 74.8 Å². The zero-order valence-electron chi connectivity index (χ0n) is 40.1. The minimum atomic E-state index is -0.843. The summed E-state index contributed by atoms with van der Waals surface area (Å²) in [5.74, 6) is -1.45. The van der Waals surface area contributed by atoms with Gasteiger partial charge in [0, 0.05) is 35.8 Å². The number of rotatable bonds is 10. The molecule has 2 aromatic rings. The quantitative estimate of drug-likeness (QED) is 0.171. The minimum absolute atomic E-state index is 0.00906. The molecule has 0 radical (unpaired) electrons. The van der Waals surface area contributed by atoms with E-state index >= 15 is 0 Å². The van der Waals surface area contributed by atoms with Gasteiger partial charge in [-0.3, -0.25) is 24.0 Å². The number of aliphatic carboxylic acids is 1. The van der Waals surface area contributed by atoms with E-state index in [1.165, 1.54) is 5.57 Å². The van der Waals surface area contributed by atoms with Crippen LogP contribution < -0.4 is 10.6 Å². The van der Waals surface area contributed by atoms with Crippen LogP contribution in [0.5, 0.6) is 0 Å². The Morgan fingerprint density at radius 1 is 0.905 bits per heavy atom. The summed E-state index contributed by atoms with van der Waals surface area (Å²) < 4.78 is 6.49. The number of aromatic amines is 1. The first-order chi connectivity index (χ1) is 29.2. The molecule has 0 aliphatic heterocycles. The van der Waals surface area contributed by atoms with Gasteiger partial charge in [-0.25, -0.2) is 4.98 Å². The standard InChI is InChI=1S/C52H74N4O7/c1-29(2)40-36(57)25-52(26-39(58)53-27-45(3,4)56-42(59)30-13-15-34-35(23-30)55-28-54-34)22-20-48(9)31(41(40)52)14-16-37-49(48,10)19-21-51(12)47(7,8)38(17-18-50(37,51)11)63-44(62)33-24-32(43(60)61)46(33,5)6/h13,15,23,28-29,31-33,37-38H,14,16-22,24-27H2,1-12H3,(H,53,58)(H,54,55)(H,56,59)(H,60,61)/t31-,32+,33-,37+,38?,48-,49-,50-,51+,52+/m1/s1. The third-order valence-corrected chi connectivity index (χ3v) is 20.1. The third-order valence-electron chi connectivity index (χ3n) is 20.1. The van der Waals surface area contributed by atoms with Crippen LogP contribution in [0, 0.1) is 67.5 Å². The van der Waals surface area contributed by atoms with E-state index in [4.69, 9.17) is 4.74 Å². The number of ether oxygens (including phenoxy) is 1. The minimum Gasteiger partial charge on any atom is -0.481 e. The van der Waals surface area contributed by atoms with Crippen molar-refractivity contribution in [1.29, 1.82) is 0 Å². The van der Waals surface area contributed by atoms with E-state index in [1.807, 2.05) is 33.8 Å². The number of carboxylic acid groups (broad SMARTS) is 1. The molecule has 4 N–H and O–H groups in total. The molecule has 1 aromatic carbocycles. The number of H-pyrrole nitrogens is 1. The van der Waals surface area contributed by atoms with E-state index in [1.54, 1.807) is 18.5 Å². The Kier molecular flexibility index (Phi) is 10.7. The van der Waals surface area contributed by atoms with Gasteiger partial charge in [-0.2, -0.15) is 0 Å². The normalized spacial score (nSPS) is 37.9. The molecular weight excluding hydrogens is 793 g/mol. The van der Waals surface area contributed by atoms with Gasteiger partial charge in [0.15, 0.2) is 5.78 Å². The van der Waals surface area contributed by atoms with E-state index in [0.29, 0.717) is 24.3 Å². The van der Waals surface area contributed by atoms with E-state index in [9.17, 15) is 29.1 Å². The summed E-state index contributed by atoms with van der Waals surface area (Å²) in [6.45, 7) is 26.8. The Bertz CT molecular complexity index is 2290. The van der Waals surface area contributed by atoms with Crippen LogP contribution in [0.3, 0.4) is 0 Å². The number of fused-ring (bicyclic) bond motifs is 8. The summed E-state index contributed by atoms with van der Waals surface area (Å²) in [5, 5.41) is 16.0. The number of carbonyl (C=O) groups is 5. The highest BCUT2D eigenvalue weighted by Crippen LogP contribution is 2.80. The lowest BCUT2D eigenvalue weighted by molar-refractivity contribution is -0.272. The lowest BCUT2D eigenvalue weighted by Crippen LogP contribution is -2.69. The van der Waals surface area contributed by atoms with Crippen LogP contribution in [0.15, 0.2) is 35.7 Å². The van der Waals surface area contributed by atoms with Crippen molar-refractivity contribution in [2.24, 2.45) is 67.5 Å². The van der Waals surface area contributed by atoms with Crippen molar-refractivity contribution >= 4 is 40.6 Å². The molecule has 6 aliphatic rings. The summed E-state index contributed by atoms with van der Waals surface area (Å²) in [6, 6.07) is 5.35. The van der Waals surface area contributed by atoms with E-state index < -0.39 is 34.2 Å². The van der Waals surface area contributed by atoms with E-state index in [-0.39, 0.29) is 81.5 Å². The van der Waals surface area contributed by atoms with Crippen molar-refractivity contribution in [3.63, 3.8) is 0 Å². The fraction of sp³-hybridized carbons (Fsp3) is 0.731. The lowest BCUT2D eigenvalue weighted by atomic mass is 9.29. The van der Waals surface area contributed by atoms with Gasteiger partial charge < -0.3 is 25.5 Å². The number of ketones is 1. The van der Waals surface area contributed by atoms with Crippen molar-refractivity contribution in [3.05, 3.63) is 41.2 Å². The lowest BCUT2D eigenvalue weighted by Gasteiger charge is -2.75. The number of nitrogens with one attached hydrogen (secondary N) is 3. The van der Waals surface area contributed by atoms with Gasteiger partial charge >= 0.3 is 11.9 Å². The number of carbonyl (C=O) groups excluding carboxylic acids is 4. The van der Waals surface area contributed by atoms with Gasteiger partial charge in [-0.05, 0) is 140 Å². The van der Waals surface area contributed by atoms with Crippen LogP contribution in [0.2, 0.25) is 0 Å². The van der Waals surface area contributed by atoms with Crippen molar-refractivity contribution in [3.8, 4) is 0 Å². The number of aromatic nitrogens is 2. The zero-order chi connectivity index (χ0) is 46.1. The molecule has 2 amide bonds. The highest BCUT2D eigenvalue weighted by molar-refractivity contribution is 6.01. The van der Waals surface area contributed by atoms with E-state index in [0.717, 1.165) is 68.0 Å². The molecule has 0 saturated heterocycles. The molecule has 11 heteroatoms. The van der Waals surface area contributed by atoms with Gasteiger partial charge in [0.25, 0.3) is 5.91 Å². The largest absolute Gasteiger partial charge is 0.481 e. The monoisotopic (exact) mass is 867 g/mol. The van der Waals surface area contributed by atoms with Crippen LogP contribution in [-0.4, -0.2) is 62.8 Å². The fourth-order valence-corrected chi connectivity index (χ4v) is 15.5. The average molecular weight is 867 g/mol. The maximum Gasteiger partial charge on any atom is 0.309 e. The second-order valence-corrected chi connectivity index (χ2v) is 24.2. The highest BCUT2D eigenvalue weighted by Gasteiger charge is 2.73. The van der Waals surface area contributed by atoms with Gasteiger partial charge in [0.05, 0.1) is 34.7 Å². The Labute approximate surface area is 374 Å². The number of esters is 1.